The molecule has 78 valence electrons. The standard InChI is InChI=1S/C9H15N3O2/c1-11-2-7-3-12(8(5-13)6-14)10-9(7)4-11/h3,8,13-14H,2,4-6H2,1H3. The number of fused-ring (bicyclic) bond motifs is 1. The molecule has 0 atom stereocenters. The average Bonchev–Trinajstić information content (AvgIpc) is 2.63. The molecule has 1 aromatic rings. The molecule has 0 unspecified atom stereocenters. The molecule has 5 nitrogen and oxygen atoms in total. The van der Waals surface area contributed by atoms with E-state index in [1.807, 2.05) is 13.2 Å². The van der Waals surface area contributed by atoms with E-state index >= 15 is 0 Å². The van der Waals surface area contributed by atoms with Gasteiger partial charge in [-0.05, 0) is 7.05 Å². The van der Waals surface area contributed by atoms with Crippen LogP contribution in [0.25, 0.3) is 0 Å². The Labute approximate surface area is 82.6 Å². The summed E-state index contributed by atoms with van der Waals surface area (Å²) in [6.45, 7) is 1.60. The lowest BCUT2D eigenvalue weighted by atomic mass is 10.3. The number of aliphatic hydroxyl groups excluding tert-OH is 2. The summed E-state index contributed by atoms with van der Waals surface area (Å²) in [6, 6.07) is -0.300. The maximum atomic E-state index is 8.99. The maximum absolute atomic E-state index is 8.99. The highest BCUT2D eigenvalue weighted by Crippen LogP contribution is 2.20. The van der Waals surface area contributed by atoms with Crippen LogP contribution in [0.4, 0.5) is 0 Å². The van der Waals surface area contributed by atoms with Gasteiger partial charge in [0, 0.05) is 24.8 Å². The van der Waals surface area contributed by atoms with Crippen LogP contribution in [0, 0.1) is 0 Å². The maximum Gasteiger partial charge on any atom is 0.0980 e. The van der Waals surface area contributed by atoms with E-state index in [2.05, 4.69) is 10.00 Å². The van der Waals surface area contributed by atoms with Crippen molar-refractivity contribution in [2.24, 2.45) is 0 Å². The number of hydrogen-bond acceptors (Lipinski definition) is 4. The predicted octanol–water partition coefficient (Wildman–Crippen LogP) is -0.646. The van der Waals surface area contributed by atoms with E-state index in [9.17, 15) is 0 Å². The second-order valence-electron chi connectivity index (χ2n) is 3.77. The SMILES string of the molecule is CN1Cc2cn(C(CO)CO)nc2C1. The van der Waals surface area contributed by atoms with Crippen LogP contribution in [0.5, 0.6) is 0 Å². The molecule has 0 fully saturated rings. The van der Waals surface area contributed by atoms with Gasteiger partial charge in [0.05, 0.1) is 24.9 Å². The summed E-state index contributed by atoms with van der Waals surface area (Å²) in [7, 11) is 2.04. The third kappa shape index (κ3) is 1.54. The van der Waals surface area contributed by atoms with Crippen molar-refractivity contribution in [3.63, 3.8) is 0 Å². The molecule has 14 heavy (non-hydrogen) atoms. The molecule has 0 amide bonds. The Kier molecular flexibility index (Phi) is 2.54. The van der Waals surface area contributed by atoms with Gasteiger partial charge in [-0.3, -0.25) is 9.58 Å². The van der Waals surface area contributed by atoms with Crippen LogP contribution < -0.4 is 0 Å². The second-order valence-corrected chi connectivity index (χ2v) is 3.77. The number of rotatable bonds is 3. The third-order valence-corrected chi connectivity index (χ3v) is 2.55. The molecule has 0 radical (unpaired) electrons. The number of hydrogen-bond donors (Lipinski definition) is 2. The van der Waals surface area contributed by atoms with Crippen molar-refractivity contribution in [3.8, 4) is 0 Å². The predicted molar refractivity (Wildman–Crippen MR) is 50.6 cm³/mol. The quantitative estimate of drug-likeness (QED) is 0.676. The first-order valence-corrected chi connectivity index (χ1v) is 4.71. The van der Waals surface area contributed by atoms with Crippen molar-refractivity contribution >= 4 is 0 Å². The summed E-state index contributed by atoms with van der Waals surface area (Å²) < 4.78 is 1.66. The Balaban J connectivity index is 2.19. The van der Waals surface area contributed by atoms with E-state index in [1.165, 1.54) is 5.56 Å². The molecule has 2 rings (SSSR count). The minimum absolute atomic E-state index is 0.0765. The summed E-state index contributed by atoms with van der Waals surface area (Å²) >= 11 is 0. The highest BCUT2D eigenvalue weighted by atomic mass is 16.3. The lowest BCUT2D eigenvalue weighted by molar-refractivity contribution is 0.145. The minimum Gasteiger partial charge on any atom is -0.394 e. The Morgan fingerprint density at radius 1 is 1.43 bits per heavy atom. The van der Waals surface area contributed by atoms with E-state index in [-0.39, 0.29) is 19.3 Å². The van der Waals surface area contributed by atoms with E-state index in [1.54, 1.807) is 4.68 Å². The molecule has 1 aliphatic rings. The van der Waals surface area contributed by atoms with Crippen molar-refractivity contribution in [1.82, 2.24) is 14.7 Å². The fourth-order valence-electron chi connectivity index (χ4n) is 1.75. The smallest absolute Gasteiger partial charge is 0.0980 e. The van der Waals surface area contributed by atoms with Crippen LogP contribution in [0.15, 0.2) is 6.20 Å². The van der Waals surface area contributed by atoms with E-state index in [0.717, 1.165) is 18.8 Å². The molecule has 0 aromatic carbocycles. The zero-order valence-electron chi connectivity index (χ0n) is 8.22. The largest absolute Gasteiger partial charge is 0.394 e. The van der Waals surface area contributed by atoms with Crippen LogP contribution in [0.3, 0.4) is 0 Å². The second kappa shape index (κ2) is 3.68. The van der Waals surface area contributed by atoms with Gasteiger partial charge in [-0.1, -0.05) is 0 Å². The van der Waals surface area contributed by atoms with Crippen LogP contribution in [0.2, 0.25) is 0 Å². The molecular formula is C9H15N3O2. The van der Waals surface area contributed by atoms with Gasteiger partial charge in [-0.25, -0.2) is 0 Å². The van der Waals surface area contributed by atoms with Crippen molar-refractivity contribution in [2.45, 2.75) is 19.1 Å². The van der Waals surface area contributed by atoms with Crippen molar-refractivity contribution in [2.75, 3.05) is 20.3 Å². The molecule has 0 bridgehead atoms. The zero-order chi connectivity index (χ0) is 10.1. The molecule has 1 aromatic heterocycles. The normalized spacial score (nSPS) is 16.6. The number of nitrogens with zero attached hydrogens (tertiary/aromatic N) is 3. The van der Waals surface area contributed by atoms with Crippen molar-refractivity contribution in [3.05, 3.63) is 17.5 Å². The molecule has 0 spiro atoms. The van der Waals surface area contributed by atoms with Crippen LogP contribution in [-0.4, -0.2) is 45.2 Å². The van der Waals surface area contributed by atoms with Gasteiger partial charge in [0.2, 0.25) is 0 Å². The average molecular weight is 197 g/mol. The first kappa shape index (κ1) is 9.64. The summed E-state index contributed by atoms with van der Waals surface area (Å²) in [5.74, 6) is 0. The molecule has 0 saturated carbocycles. The van der Waals surface area contributed by atoms with Crippen molar-refractivity contribution < 1.29 is 10.2 Å². The molecule has 5 heteroatoms. The van der Waals surface area contributed by atoms with E-state index in [4.69, 9.17) is 10.2 Å². The van der Waals surface area contributed by atoms with Gasteiger partial charge in [0.1, 0.15) is 0 Å². The highest BCUT2D eigenvalue weighted by Gasteiger charge is 2.21. The topological polar surface area (TPSA) is 61.5 Å². The molecular weight excluding hydrogens is 182 g/mol. The van der Waals surface area contributed by atoms with Gasteiger partial charge >= 0.3 is 0 Å². The Bertz CT molecular complexity index is 296. The fraction of sp³-hybridized carbons (Fsp3) is 0.667. The third-order valence-electron chi connectivity index (χ3n) is 2.55. The van der Waals surface area contributed by atoms with Crippen LogP contribution in [0.1, 0.15) is 17.3 Å². The summed E-state index contributed by atoms with van der Waals surface area (Å²) in [4.78, 5) is 2.18. The molecule has 2 heterocycles. The fourth-order valence-corrected chi connectivity index (χ4v) is 1.75. The lowest BCUT2D eigenvalue weighted by Gasteiger charge is -2.12. The van der Waals surface area contributed by atoms with E-state index < -0.39 is 0 Å². The monoisotopic (exact) mass is 197 g/mol. The van der Waals surface area contributed by atoms with Gasteiger partial charge < -0.3 is 10.2 Å². The number of aromatic nitrogens is 2. The van der Waals surface area contributed by atoms with Crippen LogP contribution >= 0.6 is 0 Å². The van der Waals surface area contributed by atoms with Gasteiger partial charge in [0.25, 0.3) is 0 Å². The van der Waals surface area contributed by atoms with Crippen molar-refractivity contribution in [1.29, 1.82) is 0 Å². The van der Waals surface area contributed by atoms with Gasteiger partial charge in [0.15, 0.2) is 0 Å². The minimum atomic E-state index is -0.300. The summed E-state index contributed by atoms with van der Waals surface area (Å²) in [5, 5.41) is 22.3. The molecule has 1 aliphatic heterocycles. The zero-order valence-corrected chi connectivity index (χ0v) is 8.22. The molecule has 2 N–H and O–H groups in total. The van der Waals surface area contributed by atoms with Gasteiger partial charge in [-0.15, -0.1) is 0 Å². The van der Waals surface area contributed by atoms with Crippen LogP contribution in [-0.2, 0) is 13.1 Å². The van der Waals surface area contributed by atoms with E-state index in [0.29, 0.717) is 0 Å². The molecule has 0 saturated heterocycles. The summed E-state index contributed by atoms with van der Waals surface area (Å²) in [5.41, 5.74) is 2.25. The first-order chi connectivity index (χ1) is 6.74. The Hall–Kier alpha value is -0.910. The molecule has 0 aliphatic carbocycles. The first-order valence-electron chi connectivity index (χ1n) is 4.71. The van der Waals surface area contributed by atoms with Gasteiger partial charge in [-0.2, -0.15) is 5.10 Å². The Morgan fingerprint density at radius 2 is 2.14 bits per heavy atom. The Morgan fingerprint density at radius 3 is 2.71 bits per heavy atom. The lowest BCUT2D eigenvalue weighted by Crippen LogP contribution is -2.19. The summed E-state index contributed by atoms with van der Waals surface area (Å²) in [6.07, 6.45) is 1.91. The number of aliphatic hydroxyl groups is 2. The highest BCUT2D eigenvalue weighted by molar-refractivity contribution is 5.21.